The molecule has 29 heavy (non-hydrogen) atoms. The lowest BCUT2D eigenvalue weighted by molar-refractivity contribution is 0.616. The molecule has 0 fully saturated rings. The second-order valence-corrected chi connectivity index (χ2v) is 7.10. The maximum Gasteiger partial charge on any atom is 0.143 e. The lowest BCUT2D eigenvalue weighted by Gasteiger charge is -2.37. The van der Waals surface area contributed by atoms with E-state index in [-0.39, 0.29) is 17.7 Å². The highest BCUT2D eigenvalue weighted by Crippen LogP contribution is 2.41. The number of halogens is 1. The first-order chi connectivity index (χ1) is 14.2. The minimum absolute atomic E-state index is 0.209. The van der Waals surface area contributed by atoms with E-state index in [1.54, 1.807) is 12.1 Å². The van der Waals surface area contributed by atoms with E-state index in [0.29, 0.717) is 17.9 Å². The second kappa shape index (κ2) is 6.70. The van der Waals surface area contributed by atoms with Crippen molar-refractivity contribution >= 4 is 28.8 Å². The van der Waals surface area contributed by atoms with Gasteiger partial charge in [-0.2, -0.15) is 0 Å². The summed E-state index contributed by atoms with van der Waals surface area (Å²) >= 11 is 0. The van der Waals surface area contributed by atoms with E-state index in [2.05, 4.69) is 32.0 Å². The van der Waals surface area contributed by atoms with Crippen LogP contribution in [0.2, 0.25) is 0 Å². The normalized spacial score (nSPS) is 16.0. The standard InChI is InChI=1S/C22H19FN6/c23-14-7-5-13(6-8-14)20-19-16(15-3-1-2-4-18(15)28-19)9-10-29(20)22-17(11-24)21(25)26-12-27-22/h1-8,11-12,20,24,28H,9-10H2,(H2,25,26,27). The predicted octanol–water partition coefficient (Wildman–Crippen LogP) is 3.83. The van der Waals surface area contributed by atoms with Crippen molar-refractivity contribution in [1.82, 2.24) is 15.0 Å². The lowest BCUT2D eigenvalue weighted by Crippen LogP contribution is -2.37. The molecule has 1 aliphatic heterocycles. The van der Waals surface area contributed by atoms with Crippen molar-refractivity contribution in [1.29, 1.82) is 5.41 Å². The van der Waals surface area contributed by atoms with Gasteiger partial charge in [0.1, 0.15) is 23.8 Å². The van der Waals surface area contributed by atoms with Crippen molar-refractivity contribution in [2.24, 2.45) is 0 Å². The Morgan fingerprint density at radius 1 is 1.14 bits per heavy atom. The van der Waals surface area contributed by atoms with Gasteiger partial charge in [0.05, 0.1) is 11.6 Å². The van der Waals surface area contributed by atoms with Crippen LogP contribution in [0.5, 0.6) is 0 Å². The van der Waals surface area contributed by atoms with Gasteiger partial charge in [-0.15, -0.1) is 0 Å². The third-order valence-corrected chi connectivity index (χ3v) is 5.53. The molecule has 0 amide bonds. The highest BCUT2D eigenvalue weighted by molar-refractivity contribution is 5.91. The van der Waals surface area contributed by atoms with Crippen LogP contribution in [0.15, 0.2) is 54.9 Å². The molecule has 1 atom stereocenters. The van der Waals surface area contributed by atoms with Gasteiger partial charge < -0.3 is 21.0 Å². The minimum Gasteiger partial charge on any atom is -0.383 e. The molecule has 0 spiro atoms. The predicted molar refractivity (Wildman–Crippen MR) is 112 cm³/mol. The molecule has 6 nitrogen and oxygen atoms in total. The topological polar surface area (TPSA) is 94.7 Å². The molecule has 4 N–H and O–H groups in total. The third-order valence-electron chi connectivity index (χ3n) is 5.53. The Hall–Kier alpha value is -3.74. The molecule has 5 rings (SSSR count). The van der Waals surface area contributed by atoms with Gasteiger partial charge in [0.2, 0.25) is 0 Å². The summed E-state index contributed by atoms with van der Waals surface area (Å²) in [7, 11) is 0. The molecule has 0 radical (unpaired) electrons. The first kappa shape index (κ1) is 17.4. The Morgan fingerprint density at radius 3 is 2.72 bits per heavy atom. The number of nitrogens with one attached hydrogen (secondary N) is 2. The van der Waals surface area contributed by atoms with Gasteiger partial charge in [-0.05, 0) is 35.7 Å². The van der Waals surface area contributed by atoms with Crippen LogP contribution in [-0.4, -0.2) is 27.7 Å². The van der Waals surface area contributed by atoms with Crippen LogP contribution in [0, 0.1) is 11.2 Å². The molecule has 4 aromatic rings. The number of benzene rings is 2. The number of hydrogen-bond donors (Lipinski definition) is 3. The number of fused-ring (bicyclic) bond motifs is 3. The largest absolute Gasteiger partial charge is 0.383 e. The van der Waals surface area contributed by atoms with E-state index >= 15 is 0 Å². The van der Waals surface area contributed by atoms with Crippen LogP contribution in [0.1, 0.15) is 28.4 Å². The molecule has 0 saturated carbocycles. The van der Waals surface area contributed by atoms with Crippen LogP contribution in [0.3, 0.4) is 0 Å². The zero-order chi connectivity index (χ0) is 20.0. The summed E-state index contributed by atoms with van der Waals surface area (Å²) in [5.41, 5.74) is 10.8. The van der Waals surface area contributed by atoms with E-state index < -0.39 is 0 Å². The summed E-state index contributed by atoms with van der Waals surface area (Å²) in [5, 5.41) is 9.00. The summed E-state index contributed by atoms with van der Waals surface area (Å²) in [4.78, 5) is 14.2. The highest BCUT2D eigenvalue weighted by atomic mass is 19.1. The van der Waals surface area contributed by atoms with Crippen molar-refractivity contribution in [3.05, 3.63) is 83.1 Å². The van der Waals surface area contributed by atoms with E-state index in [0.717, 1.165) is 23.2 Å². The Balaban J connectivity index is 1.74. The van der Waals surface area contributed by atoms with Gasteiger partial charge in [0.25, 0.3) is 0 Å². The Bertz CT molecular complexity index is 1210. The fourth-order valence-corrected chi connectivity index (χ4v) is 4.23. The van der Waals surface area contributed by atoms with E-state index in [1.165, 1.54) is 35.6 Å². The monoisotopic (exact) mass is 386 g/mol. The number of aromatic amines is 1. The summed E-state index contributed by atoms with van der Waals surface area (Å²) in [6.45, 7) is 0.689. The maximum atomic E-state index is 13.6. The van der Waals surface area contributed by atoms with Crippen molar-refractivity contribution in [2.75, 3.05) is 17.2 Å². The molecule has 3 heterocycles. The molecule has 0 saturated heterocycles. The van der Waals surface area contributed by atoms with Crippen LogP contribution in [0.4, 0.5) is 16.0 Å². The van der Waals surface area contributed by atoms with Gasteiger partial charge in [0, 0.05) is 29.4 Å². The molecule has 2 aromatic carbocycles. The molecular formula is C22H19FN6. The van der Waals surface area contributed by atoms with Gasteiger partial charge in [-0.25, -0.2) is 14.4 Å². The number of nitrogen functional groups attached to an aromatic ring is 1. The van der Waals surface area contributed by atoms with Gasteiger partial charge in [-0.3, -0.25) is 0 Å². The summed E-state index contributed by atoms with van der Waals surface area (Å²) in [6.07, 6.45) is 3.42. The SMILES string of the molecule is N=Cc1c(N)ncnc1N1CCc2c([nH]c3ccccc23)C1c1ccc(F)cc1. The average molecular weight is 386 g/mol. The van der Waals surface area contributed by atoms with Crippen LogP contribution < -0.4 is 10.6 Å². The van der Waals surface area contributed by atoms with Crippen molar-refractivity contribution < 1.29 is 4.39 Å². The molecular weight excluding hydrogens is 367 g/mol. The van der Waals surface area contributed by atoms with Crippen LogP contribution in [0.25, 0.3) is 10.9 Å². The minimum atomic E-state index is -0.278. The number of aromatic nitrogens is 3. The van der Waals surface area contributed by atoms with Crippen molar-refractivity contribution in [2.45, 2.75) is 12.5 Å². The number of anilines is 2. The van der Waals surface area contributed by atoms with Crippen molar-refractivity contribution in [3.8, 4) is 0 Å². The number of nitrogens with two attached hydrogens (primary N) is 1. The maximum absolute atomic E-state index is 13.6. The number of H-pyrrole nitrogens is 1. The fraction of sp³-hybridized carbons (Fsp3) is 0.136. The molecule has 7 heteroatoms. The van der Waals surface area contributed by atoms with Gasteiger partial charge in [0.15, 0.2) is 0 Å². The van der Waals surface area contributed by atoms with E-state index in [4.69, 9.17) is 11.1 Å². The smallest absolute Gasteiger partial charge is 0.143 e. The van der Waals surface area contributed by atoms with E-state index in [9.17, 15) is 4.39 Å². The zero-order valence-electron chi connectivity index (χ0n) is 15.6. The first-order valence-corrected chi connectivity index (χ1v) is 9.40. The molecule has 1 unspecified atom stereocenters. The summed E-state index contributed by atoms with van der Waals surface area (Å²) in [5.74, 6) is 0.593. The summed E-state index contributed by atoms with van der Waals surface area (Å²) < 4.78 is 13.6. The zero-order valence-corrected chi connectivity index (χ0v) is 15.6. The molecule has 144 valence electrons. The average Bonchev–Trinajstić information content (AvgIpc) is 3.12. The van der Waals surface area contributed by atoms with Crippen LogP contribution in [-0.2, 0) is 6.42 Å². The van der Waals surface area contributed by atoms with Gasteiger partial charge >= 0.3 is 0 Å². The molecule has 1 aliphatic rings. The van der Waals surface area contributed by atoms with Gasteiger partial charge in [-0.1, -0.05) is 30.3 Å². The quantitative estimate of drug-likeness (QED) is 0.467. The number of para-hydroxylation sites is 1. The Labute approximate surface area is 166 Å². The fourth-order valence-electron chi connectivity index (χ4n) is 4.23. The van der Waals surface area contributed by atoms with Crippen molar-refractivity contribution in [3.63, 3.8) is 0 Å². The number of hydrogen-bond acceptors (Lipinski definition) is 5. The molecule has 0 aliphatic carbocycles. The highest BCUT2D eigenvalue weighted by Gasteiger charge is 2.33. The lowest BCUT2D eigenvalue weighted by atomic mass is 9.92. The Kier molecular flexibility index (Phi) is 4.01. The number of nitrogens with zero attached hydrogens (tertiary/aromatic N) is 3. The van der Waals surface area contributed by atoms with Crippen LogP contribution >= 0.6 is 0 Å². The van der Waals surface area contributed by atoms with E-state index in [1.807, 2.05) is 12.1 Å². The number of rotatable bonds is 3. The molecule has 2 aromatic heterocycles. The molecule has 0 bridgehead atoms. The summed E-state index contributed by atoms with van der Waals surface area (Å²) in [6, 6.07) is 14.5. The third kappa shape index (κ3) is 2.74. The second-order valence-electron chi connectivity index (χ2n) is 7.10. The first-order valence-electron chi connectivity index (χ1n) is 9.40. The Morgan fingerprint density at radius 2 is 1.93 bits per heavy atom.